The van der Waals surface area contributed by atoms with Gasteiger partial charge in [-0.25, -0.2) is 4.79 Å². The first-order valence-electron chi connectivity index (χ1n) is 4.76. The molecular formula is C9H18N2O3. The van der Waals surface area contributed by atoms with E-state index in [0.29, 0.717) is 0 Å². The minimum Gasteiger partial charge on any atom is -0.481 e. The van der Waals surface area contributed by atoms with Gasteiger partial charge in [-0.1, -0.05) is 13.8 Å². The van der Waals surface area contributed by atoms with Crippen molar-refractivity contribution in [3.63, 3.8) is 0 Å². The Balaban J connectivity index is 0.000000241. The summed E-state index contributed by atoms with van der Waals surface area (Å²) in [5.41, 5.74) is 0. The van der Waals surface area contributed by atoms with Crippen molar-refractivity contribution in [2.45, 2.75) is 26.7 Å². The minimum atomic E-state index is -0.713. The fraction of sp³-hybridized carbons (Fsp3) is 0.778. The maximum atomic E-state index is 10.2. The van der Waals surface area contributed by atoms with Gasteiger partial charge in [0.2, 0.25) is 0 Å². The Labute approximate surface area is 83.9 Å². The zero-order valence-electron chi connectivity index (χ0n) is 8.67. The number of hydrogen-bond acceptors (Lipinski definition) is 2. The van der Waals surface area contributed by atoms with Crippen LogP contribution >= 0.6 is 0 Å². The number of carbonyl (C=O) groups is 2. The van der Waals surface area contributed by atoms with E-state index >= 15 is 0 Å². The van der Waals surface area contributed by atoms with Gasteiger partial charge in [0.1, 0.15) is 0 Å². The lowest BCUT2D eigenvalue weighted by molar-refractivity contribution is -0.137. The second-order valence-corrected chi connectivity index (χ2v) is 3.53. The van der Waals surface area contributed by atoms with Gasteiger partial charge in [-0.2, -0.15) is 0 Å². The van der Waals surface area contributed by atoms with Crippen LogP contribution in [0.4, 0.5) is 4.79 Å². The number of aliphatic carboxylic acids is 1. The van der Waals surface area contributed by atoms with E-state index in [-0.39, 0.29) is 18.4 Å². The highest BCUT2D eigenvalue weighted by molar-refractivity contribution is 5.74. The highest BCUT2D eigenvalue weighted by Crippen LogP contribution is 1.96. The standard InChI is InChI=1S/C5H10O2.C4H8N2O/c1-4(2)3-5(6)7;7-4-5-2-1-3-6-4/h4H,3H2,1-2H3,(H,6,7);1-3H2,(H2,5,6,7). The van der Waals surface area contributed by atoms with E-state index in [9.17, 15) is 9.59 Å². The zero-order valence-corrected chi connectivity index (χ0v) is 8.67. The van der Waals surface area contributed by atoms with Gasteiger partial charge in [-0.15, -0.1) is 0 Å². The van der Waals surface area contributed by atoms with Crippen LogP contribution in [0.25, 0.3) is 0 Å². The van der Waals surface area contributed by atoms with E-state index < -0.39 is 5.97 Å². The second-order valence-electron chi connectivity index (χ2n) is 3.53. The molecule has 5 heteroatoms. The third kappa shape index (κ3) is 8.83. The van der Waals surface area contributed by atoms with Gasteiger partial charge in [0.25, 0.3) is 0 Å². The van der Waals surface area contributed by atoms with Crippen LogP contribution in [0.3, 0.4) is 0 Å². The fourth-order valence-corrected chi connectivity index (χ4v) is 0.904. The smallest absolute Gasteiger partial charge is 0.314 e. The number of carbonyl (C=O) groups excluding carboxylic acids is 1. The molecule has 1 rings (SSSR count). The number of urea groups is 1. The van der Waals surface area contributed by atoms with Gasteiger partial charge in [0.05, 0.1) is 0 Å². The second kappa shape index (κ2) is 7.17. The molecule has 1 aliphatic rings. The van der Waals surface area contributed by atoms with Gasteiger partial charge in [-0.3, -0.25) is 4.79 Å². The lowest BCUT2D eigenvalue weighted by Crippen LogP contribution is -2.42. The summed E-state index contributed by atoms with van der Waals surface area (Å²) in [6.45, 7) is 5.42. The molecule has 0 aliphatic carbocycles. The van der Waals surface area contributed by atoms with E-state index in [1.165, 1.54) is 0 Å². The highest BCUT2D eigenvalue weighted by Gasteiger charge is 2.02. The molecule has 3 N–H and O–H groups in total. The molecular weight excluding hydrogens is 184 g/mol. The van der Waals surface area contributed by atoms with Gasteiger partial charge in [0.15, 0.2) is 0 Å². The number of hydrogen-bond donors (Lipinski definition) is 3. The number of nitrogens with one attached hydrogen (secondary N) is 2. The molecule has 0 spiro atoms. The molecule has 0 bridgehead atoms. The first kappa shape index (κ1) is 12.7. The molecule has 0 aromatic rings. The number of carboxylic acids is 1. The Hall–Kier alpha value is -1.26. The van der Waals surface area contributed by atoms with Crippen molar-refractivity contribution < 1.29 is 14.7 Å². The quantitative estimate of drug-likeness (QED) is 0.620. The Morgan fingerprint density at radius 3 is 2.07 bits per heavy atom. The minimum absolute atomic E-state index is 0.0359. The fourth-order valence-electron chi connectivity index (χ4n) is 0.904. The first-order chi connectivity index (χ1) is 6.52. The normalized spacial score (nSPS) is 14.9. The molecule has 0 aromatic carbocycles. The van der Waals surface area contributed by atoms with Crippen molar-refractivity contribution in [1.82, 2.24) is 10.6 Å². The summed E-state index contributed by atoms with van der Waals surface area (Å²) in [5.74, 6) is -0.438. The molecule has 82 valence electrons. The molecule has 1 fully saturated rings. The van der Waals surface area contributed by atoms with Crippen molar-refractivity contribution in [2.75, 3.05) is 13.1 Å². The van der Waals surface area contributed by atoms with E-state index in [4.69, 9.17) is 5.11 Å². The monoisotopic (exact) mass is 202 g/mol. The molecule has 14 heavy (non-hydrogen) atoms. The predicted octanol–water partition coefficient (Wildman–Crippen LogP) is 0.806. The van der Waals surface area contributed by atoms with Crippen molar-refractivity contribution >= 4 is 12.0 Å². The zero-order chi connectivity index (χ0) is 11.0. The van der Waals surface area contributed by atoms with Crippen LogP contribution in [0, 0.1) is 5.92 Å². The number of amides is 2. The third-order valence-corrected chi connectivity index (χ3v) is 1.51. The molecule has 0 aromatic heterocycles. The van der Waals surface area contributed by atoms with E-state index in [1.54, 1.807) is 0 Å². The van der Waals surface area contributed by atoms with Crippen LogP contribution in [-0.2, 0) is 4.79 Å². The predicted molar refractivity (Wildman–Crippen MR) is 53.1 cm³/mol. The molecule has 0 saturated carbocycles. The van der Waals surface area contributed by atoms with Gasteiger partial charge < -0.3 is 15.7 Å². The van der Waals surface area contributed by atoms with Crippen LogP contribution in [0.2, 0.25) is 0 Å². The van der Waals surface area contributed by atoms with Crippen molar-refractivity contribution in [3.05, 3.63) is 0 Å². The summed E-state index contributed by atoms with van der Waals surface area (Å²) < 4.78 is 0. The van der Waals surface area contributed by atoms with Crippen molar-refractivity contribution in [3.8, 4) is 0 Å². The summed E-state index contributed by atoms with van der Waals surface area (Å²) in [7, 11) is 0. The van der Waals surface area contributed by atoms with Crippen LogP contribution in [0.5, 0.6) is 0 Å². The molecule has 0 unspecified atom stereocenters. The Kier molecular flexibility index (Phi) is 6.53. The van der Waals surface area contributed by atoms with Crippen molar-refractivity contribution in [1.29, 1.82) is 0 Å². The maximum absolute atomic E-state index is 10.2. The third-order valence-electron chi connectivity index (χ3n) is 1.51. The summed E-state index contributed by atoms with van der Waals surface area (Å²) in [4.78, 5) is 20.1. The molecule has 0 atom stereocenters. The Morgan fingerprint density at radius 1 is 1.43 bits per heavy atom. The van der Waals surface area contributed by atoms with Crippen molar-refractivity contribution in [2.24, 2.45) is 5.92 Å². The molecule has 1 saturated heterocycles. The number of rotatable bonds is 2. The highest BCUT2D eigenvalue weighted by atomic mass is 16.4. The number of carboxylic acid groups (broad SMARTS) is 1. The molecule has 1 heterocycles. The van der Waals surface area contributed by atoms with E-state index in [2.05, 4.69) is 10.6 Å². The average molecular weight is 202 g/mol. The van der Waals surface area contributed by atoms with Crippen LogP contribution < -0.4 is 10.6 Å². The molecule has 0 radical (unpaired) electrons. The summed E-state index contributed by atoms with van der Waals surface area (Å²) in [5, 5.41) is 13.3. The summed E-state index contributed by atoms with van der Waals surface area (Å²) >= 11 is 0. The first-order valence-corrected chi connectivity index (χ1v) is 4.76. The largest absolute Gasteiger partial charge is 0.481 e. The average Bonchev–Trinajstić information content (AvgIpc) is 2.03. The van der Waals surface area contributed by atoms with Crippen LogP contribution in [0.15, 0.2) is 0 Å². The lowest BCUT2D eigenvalue weighted by Gasteiger charge is -2.11. The molecule has 1 aliphatic heterocycles. The van der Waals surface area contributed by atoms with E-state index in [1.807, 2.05) is 13.8 Å². The van der Waals surface area contributed by atoms with Gasteiger partial charge in [0, 0.05) is 19.5 Å². The summed E-state index contributed by atoms with van der Waals surface area (Å²) in [6.07, 6.45) is 1.33. The molecule has 2 amide bonds. The summed E-state index contributed by atoms with van der Waals surface area (Å²) in [6, 6.07) is -0.0359. The van der Waals surface area contributed by atoms with E-state index in [0.717, 1.165) is 19.5 Å². The topological polar surface area (TPSA) is 78.4 Å². The lowest BCUT2D eigenvalue weighted by atomic mass is 10.1. The van der Waals surface area contributed by atoms with Gasteiger partial charge >= 0.3 is 12.0 Å². The maximum Gasteiger partial charge on any atom is 0.314 e. The van der Waals surface area contributed by atoms with Crippen LogP contribution in [-0.4, -0.2) is 30.2 Å². The molecule has 5 nitrogen and oxygen atoms in total. The van der Waals surface area contributed by atoms with Gasteiger partial charge in [-0.05, 0) is 12.3 Å². The SMILES string of the molecule is CC(C)CC(=O)O.O=C1NCCCN1. The Morgan fingerprint density at radius 2 is 1.93 bits per heavy atom. The Bertz CT molecular complexity index is 184. The van der Waals surface area contributed by atoms with Crippen LogP contribution in [0.1, 0.15) is 26.7 Å².